The Labute approximate surface area is 298 Å². The largest absolute Gasteiger partial charge is 1.00 e. The average molecular weight is 647 g/mol. The Bertz CT molecular complexity index is 710. The number of carboxylic acids is 1. The van der Waals surface area contributed by atoms with Gasteiger partial charge in [-0.15, -0.1) is 0 Å². The van der Waals surface area contributed by atoms with Gasteiger partial charge in [-0.2, -0.15) is 36.4 Å². The molecule has 0 radical (unpaired) electrons. The first-order valence-corrected chi connectivity index (χ1v) is 16.7. The first-order chi connectivity index (χ1) is 21.8. The Morgan fingerprint density at radius 1 is 0.674 bits per heavy atom. The quantitative estimate of drug-likeness (QED) is 0.167. The maximum absolute atomic E-state index is 11.4. The van der Waals surface area contributed by atoms with Crippen LogP contribution in [0, 0.1) is 6.07 Å². The summed E-state index contributed by atoms with van der Waals surface area (Å²) in [5.41, 5.74) is 5.65. The number of rotatable bonds is 9. The maximum Gasteiger partial charge on any atom is 1.00 e. The number of nitrogens with one attached hydrogen (secondary N) is 2. The molecular formula is C37H75LiN4O4. The molecule has 8 nitrogen and oxygen atoms in total. The molecule has 0 saturated carbocycles. The predicted octanol–water partition coefficient (Wildman–Crippen LogP) is 5.23. The summed E-state index contributed by atoms with van der Waals surface area (Å²) < 4.78 is 0. The van der Waals surface area contributed by atoms with Gasteiger partial charge in [0.15, 0.2) is 5.78 Å². The zero-order valence-electron chi connectivity index (χ0n) is 33.2. The van der Waals surface area contributed by atoms with Crippen LogP contribution in [0.1, 0.15) is 113 Å². The molecule has 46 heavy (non-hydrogen) atoms. The minimum absolute atomic E-state index is 0. The molecule has 2 aromatic rings. The second-order valence-electron chi connectivity index (χ2n) is 6.79. The van der Waals surface area contributed by atoms with E-state index in [4.69, 9.17) is 10.8 Å². The number of nitrogens with two attached hydrogens (primary N) is 1. The molecule has 268 valence electrons. The molecule has 0 bridgehead atoms. The monoisotopic (exact) mass is 647 g/mol. The van der Waals surface area contributed by atoms with E-state index in [0.29, 0.717) is 12.8 Å². The van der Waals surface area contributed by atoms with Gasteiger partial charge < -0.3 is 26.4 Å². The van der Waals surface area contributed by atoms with E-state index in [-0.39, 0.29) is 43.5 Å². The zero-order chi connectivity index (χ0) is 37.3. The first-order valence-electron chi connectivity index (χ1n) is 16.7. The number of nitrogens with zero attached hydrogens (tertiary/aromatic N) is 1. The average Bonchev–Trinajstić information content (AvgIpc) is 3.13. The van der Waals surface area contributed by atoms with Gasteiger partial charge in [-0.1, -0.05) is 113 Å². The van der Waals surface area contributed by atoms with Crippen molar-refractivity contribution < 1.29 is 38.4 Å². The van der Waals surface area contributed by atoms with Crippen LogP contribution in [0.2, 0.25) is 0 Å². The second kappa shape index (κ2) is 73.8. The van der Waals surface area contributed by atoms with Crippen LogP contribution in [0.4, 0.5) is 0 Å². The van der Waals surface area contributed by atoms with Crippen molar-refractivity contribution in [1.82, 2.24) is 15.5 Å². The standard InChI is InChI=1S/C10H13NO.C6H14N2O.C6H5.C3H7NO2.6C2H6.Li/c1-11-8-7-10(12)9-5-3-2-4-6-9;1-7-5-4-6(9)8(2)3;1-2-4-6-5-3-1;4-2-1-3(5)6;6*1-2;/h2-6,11H,7-8H2,1H3;7H,4-5H2,1-3H3;1-5H;1-2,4H2,(H,5,6);6*1-2H3;/q;;-1;;;;;;;;+1. The summed E-state index contributed by atoms with van der Waals surface area (Å²) in [6, 6.07) is 21.9. The fourth-order valence-corrected chi connectivity index (χ4v) is 1.93. The van der Waals surface area contributed by atoms with Crippen LogP contribution in [0.25, 0.3) is 0 Å². The maximum atomic E-state index is 11.4. The molecule has 0 heterocycles. The number of carboxylic acid groups (broad SMARTS) is 1. The molecule has 2 aromatic carbocycles. The Morgan fingerprint density at radius 2 is 1.04 bits per heavy atom. The number of aliphatic carboxylic acids is 1. The summed E-state index contributed by atoms with van der Waals surface area (Å²) >= 11 is 0. The number of carbonyl (C=O) groups is 3. The third-order valence-corrected chi connectivity index (χ3v) is 3.75. The number of hydrogen-bond donors (Lipinski definition) is 4. The first kappa shape index (κ1) is 66.0. The van der Waals surface area contributed by atoms with Crippen molar-refractivity contribution in [2.75, 3.05) is 47.8 Å². The van der Waals surface area contributed by atoms with Crippen molar-refractivity contribution in [3.63, 3.8) is 0 Å². The van der Waals surface area contributed by atoms with E-state index in [1.165, 1.54) is 0 Å². The van der Waals surface area contributed by atoms with Gasteiger partial charge in [0.2, 0.25) is 5.91 Å². The van der Waals surface area contributed by atoms with Crippen molar-refractivity contribution in [1.29, 1.82) is 0 Å². The Hall–Kier alpha value is -2.47. The summed E-state index contributed by atoms with van der Waals surface area (Å²) in [6.07, 6.45) is 1.23. The van der Waals surface area contributed by atoms with E-state index in [9.17, 15) is 14.4 Å². The van der Waals surface area contributed by atoms with Crippen LogP contribution in [-0.4, -0.2) is 75.5 Å². The molecule has 0 fully saturated rings. The van der Waals surface area contributed by atoms with Crippen molar-refractivity contribution in [3.8, 4) is 0 Å². The second-order valence-corrected chi connectivity index (χ2v) is 6.79. The smallest absolute Gasteiger partial charge is 0.481 e. The molecule has 0 saturated heterocycles. The predicted molar refractivity (Wildman–Crippen MR) is 201 cm³/mol. The number of Topliss-reactive ketones (excluding diaryl/α,β-unsaturated/α-hetero) is 1. The van der Waals surface area contributed by atoms with Crippen molar-refractivity contribution in [2.24, 2.45) is 5.73 Å². The fourth-order valence-electron chi connectivity index (χ4n) is 1.93. The van der Waals surface area contributed by atoms with Crippen LogP contribution in [0.3, 0.4) is 0 Å². The summed E-state index contributed by atoms with van der Waals surface area (Å²) in [5, 5.41) is 13.7. The molecule has 1 amide bonds. The SMILES string of the molecule is CC.CC.CC.CC.CC.CC.CNCCC(=O)N(C)C.CNCCC(=O)c1ccccc1.NCCC(=O)O.[Li+].[c-]1ccccc1. The van der Waals surface area contributed by atoms with Crippen LogP contribution in [0.5, 0.6) is 0 Å². The molecule has 0 spiro atoms. The molecule has 0 unspecified atom stereocenters. The number of amides is 1. The van der Waals surface area contributed by atoms with E-state index < -0.39 is 5.97 Å². The van der Waals surface area contributed by atoms with Crippen LogP contribution < -0.4 is 35.2 Å². The summed E-state index contributed by atoms with van der Waals surface area (Å²) in [7, 11) is 7.21. The van der Waals surface area contributed by atoms with Crippen molar-refractivity contribution in [3.05, 3.63) is 72.3 Å². The van der Waals surface area contributed by atoms with Gasteiger partial charge in [0, 0.05) is 52.1 Å². The number of benzene rings is 2. The van der Waals surface area contributed by atoms with E-state index in [2.05, 4.69) is 16.7 Å². The van der Waals surface area contributed by atoms with Gasteiger partial charge >= 0.3 is 24.8 Å². The van der Waals surface area contributed by atoms with Crippen LogP contribution >= 0.6 is 0 Å². The van der Waals surface area contributed by atoms with Gasteiger partial charge in [0.1, 0.15) is 0 Å². The summed E-state index contributed by atoms with van der Waals surface area (Å²) in [5.74, 6) is -0.466. The van der Waals surface area contributed by atoms with Crippen LogP contribution in [-0.2, 0) is 9.59 Å². The normalized spacial score (nSPS) is 7.24. The van der Waals surface area contributed by atoms with Gasteiger partial charge in [0.05, 0.1) is 6.42 Å². The molecule has 5 N–H and O–H groups in total. The molecule has 0 atom stereocenters. The third kappa shape index (κ3) is 73.2. The van der Waals surface area contributed by atoms with E-state index in [1.54, 1.807) is 19.0 Å². The minimum atomic E-state index is -0.836. The topological polar surface area (TPSA) is 125 Å². The van der Waals surface area contributed by atoms with E-state index in [1.807, 2.05) is 158 Å². The van der Waals surface area contributed by atoms with Gasteiger partial charge in [-0.3, -0.25) is 14.4 Å². The van der Waals surface area contributed by atoms with Gasteiger partial charge in [0.25, 0.3) is 0 Å². The molecule has 2 rings (SSSR count). The molecule has 9 heteroatoms. The molecule has 0 aromatic heterocycles. The number of carbonyl (C=O) groups excluding carboxylic acids is 2. The van der Waals surface area contributed by atoms with Crippen molar-refractivity contribution in [2.45, 2.75) is 102 Å². The Balaban J connectivity index is -0.0000000518. The van der Waals surface area contributed by atoms with Gasteiger partial charge in [-0.25, -0.2) is 0 Å². The Morgan fingerprint density at radius 3 is 1.28 bits per heavy atom. The molecular weight excluding hydrogens is 571 g/mol. The fraction of sp³-hybridized carbons (Fsp3) is 0.595. The summed E-state index contributed by atoms with van der Waals surface area (Å²) in [6.45, 7) is 25.7. The molecule has 0 aliphatic heterocycles. The molecule has 0 aliphatic carbocycles. The number of ketones is 1. The Kier molecular flexibility index (Phi) is 106. The molecule has 0 aliphatic rings. The third-order valence-electron chi connectivity index (χ3n) is 3.75. The minimum Gasteiger partial charge on any atom is -0.481 e. The van der Waals surface area contributed by atoms with Crippen LogP contribution in [0.15, 0.2) is 60.7 Å². The van der Waals surface area contributed by atoms with Gasteiger partial charge in [-0.05, 0) is 14.1 Å². The van der Waals surface area contributed by atoms with Crippen molar-refractivity contribution >= 4 is 17.7 Å². The van der Waals surface area contributed by atoms with E-state index in [0.717, 1.165) is 18.7 Å². The summed E-state index contributed by atoms with van der Waals surface area (Å²) in [4.78, 5) is 33.3. The zero-order valence-corrected chi connectivity index (χ0v) is 33.2. The number of hydrogen-bond acceptors (Lipinski definition) is 6. The van der Waals surface area contributed by atoms with E-state index >= 15 is 0 Å².